The predicted molar refractivity (Wildman–Crippen MR) is 78.0 cm³/mol. The summed E-state index contributed by atoms with van der Waals surface area (Å²) in [6, 6.07) is 0. The number of carbonyl (C=O) groups excluding carboxylic acids is 2. The number of piperazine rings is 1. The SMILES string of the molecule is CC1CCCC(N)(C(=O)N2CCN(C)C(=O)C2(C)C)C1. The molecule has 2 atom stereocenters. The Bertz CT molecular complexity index is 421. The molecule has 2 amide bonds. The molecule has 0 aromatic rings. The van der Waals surface area contributed by atoms with Crippen LogP contribution in [0.3, 0.4) is 0 Å². The quantitative estimate of drug-likeness (QED) is 0.779. The van der Waals surface area contributed by atoms with Gasteiger partial charge in [-0.05, 0) is 32.6 Å². The first kappa shape index (κ1) is 15.3. The van der Waals surface area contributed by atoms with Crippen molar-refractivity contribution >= 4 is 11.8 Å². The van der Waals surface area contributed by atoms with Crippen LogP contribution in [0.1, 0.15) is 46.5 Å². The van der Waals surface area contributed by atoms with Gasteiger partial charge >= 0.3 is 0 Å². The standard InChI is InChI=1S/C15H27N3O2/c1-11-6-5-7-15(16,10-11)13(20)18-9-8-17(4)12(19)14(18,2)3/h11H,5-10,16H2,1-4H3. The van der Waals surface area contributed by atoms with Crippen LogP contribution >= 0.6 is 0 Å². The number of likely N-dealkylation sites (N-methyl/N-ethyl adjacent to an activating group) is 1. The van der Waals surface area contributed by atoms with Crippen LogP contribution in [0.2, 0.25) is 0 Å². The van der Waals surface area contributed by atoms with Crippen molar-refractivity contribution in [3.63, 3.8) is 0 Å². The molecule has 1 aliphatic heterocycles. The summed E-state index contributed by atoms with van der Waals surface area (Å²) >= 11 is 0. The van der Waals surface area contributed by atoms with Crippen molar-refractivity contribution in [2.45, 2.75) is 57.5 Å². The molecule has 0 bridgehead atoms. The summed E-state index contributed by atoms with van der Waals surface area (Å²) < 4.78 is 0. The van der Waals surface area contributed by atoms with Crippen LogP contribution in [0.15, 0.2) is 0 Å². The maximum Gasteiger partial charge on any atom is 0.247 e. The fourth-order valence-electron chi connectivity index (χ4n) is 3.62. The zero-order valence-corrected chi connectivity index (χ0v) is 13.1. The number of nitrogens with zero attached hydrogens (tertiary/aromatic N) is 2. The minimum atomic E-state index is -0.795. The number of rotatable bonds is 1. The minimum Gasteiger partial charge on any atom is -0.342 e. The Morgan fingerprint density at radius 3 is 2.60 bits per heavy atom. The van der Waals surface area contributed by atoms with Crippen molar-refractivity contribution in [2.24, 2.45) is 11.7 Å². The lowest BCUT2D eigenvalue weighted by Gasteiger charge is -2.48. The molecule has 1 saturated heterocycles. The third-order valence-corrected chi connectivity index (χ3v) is 4.91. The molecule has 0 aromatic heterocycles. The topological polar surface area (TPSA) is 66.6 Å². The summed E-state index contributed by atoms with van der Waals surface area (Å²) in [6.07, 6.45) is 3.58. The Hall–Kier alpha value is -1.10. The Morgan fingerprint density at radius 2 is 2.00 bits per heavy atom. The van der Waals surface area contributed by atoms with Gasteiger partial charge in [0.05, 0.1) is 5.54 Å². The summed E-state index contributed by atoms with van der Waals surface area (Å²) in [4.78, 5) is 28.6. The molecule has 5 nitrogen and oxygen atoms in total. The van der Waals surface area contributed by atoms with E-state index < -0.39 is 11.1 Å². The van der Waals surface area contributed by atoms with Gasteiger partial charge < -0.3 is 15.5 Å². The van der Waals surface area contributed by atoms with Crippen LogP contribution in [0.5, 0.6) is 0 Å². The van der Waals surface area contributed by atoms with Gasteiger partial charge in [0.25, 0.3) is 0 Å². The number of hydrogen-bond donors (Lipinski definition) is 1. The smallest absolute Gasteiger partial charge is 0.247 e. The van der Waals surface area contributed by atoms with Gasteiger partial charge in [0.1, 0.15) is 5.54 Å². The van der Waals surface area contributed by atoms with Crippen LogP contribution in [-0.4, -0.2) is 52.8 Å². The highest BCUT2D eigenvalue weighted by Gasteiger charge is 2.49. The van der Waals surface area contributed by atoms with Crippen molar-refractivity contribution in [3.05, 3.63) is 0 Å². The highest BCUT2D eigenvalue weighted by molar-refractivity contribution is 5.95. The van der Waals surface area contributed by atoms with Gasteiger partial charge in [-0.3, -0.25) is 9.59 Å². The monoisotopic (exact) mass is 281 g/mol. The molecule has 5 heteroatoms. The average Bonchev–Trinajstić information content (AvgIpc) is 2.35. The van der Waals surface area contributed by atoms with Crippen molar-refractivity contribution in [2.75, 3.05) is 20.1 Å². The fraction of sp³-hybridized carbons (Fsp3) is 0.867. The van der Waals surface area contributed by atoms with Crippen molar-refractivity contribution in [3.8, 4) is 0 Å². The molecule has 2 unspecified atom stereocenters. The van der Waals surface area contributed by atoms with Crippen molar-refractivity contribution < 1.29 is 9.59 Å². The first-order valence-electron chi connectivity index (χ1n) is 7.55. The summed E-state index contributed by atoms with van der Waals surface area (Å²) in [7, 11) is 1.78. The predicted octanol–water partition coefficient (Wildman–Crippen LogP) is 0.973. The molecular weight excluding hydrogens is 254 g/mol. The average molecular weight is 281 g/mol. The van der Waals surface area contributed by atoms with Gasteiger partial charge in [-0.25, -0.2) is 0 Å². The van der Waals surface area contributed by atoms with Crippen molar-refractivity contribution in [1.29, 1.82) is 0 Å². The van der Waals surface area contributed by atoms with Gasteiger partial charge in [0.15, 0.2) is 0 Å². The molecule has 0 radical (unpaired) electrons. The van der Waals surface area contributed by atoms with E-state index in [1.54, 1.807) is 16.8 Å². The van der Waals surface area contributed by atoms with E-state index in [1.165, 1.54) is 0 Å². The van der Waals surface area contributed by atoms with E-state index in [1.807, 2.05) is 13.8 Å². The number of amides is 2. The minimum absolute atomic E-state index is 0.00967. The zero-order valence-electron chi connectivity index (χ0n) is 13.1. The molecule has 2 rings (SSSR count). The lowest BCUT2D eigenvalue weighted by atomic mass is 9.75. The van der Waals surface area contributed by atoms with Crippen LogP contribution in [-0.2, 0) is 9.59 Å². The number of carbonyl (C=O) groups is 2. The molecule has 2 N–H and O–H groups in total. The Morgan fingerprint density at radius 1 is 1.35 bits per heavy atom. The van der Waals surface area contributed by atoms with E-state index in [2.05, 4.69) is 6.92 Å². The van der Waals surface area contributed by atoms with Gasteiger partial charge in [0.2, 0.25) is 11.8 Å². The second-order valence-electron chi connectivity index (χ2n) is 7.10. The maximum atomic E-state index is 12.9. The molecule has 1 saturated carbocycles. The summed E-state index contributed by atoms with van der Waals surface area (Å²) in [5.74, 6) is 0.420. The third kappa shape index (κ3) is 2.43. The normalized spacial score (nSPS) is 34.2. The largest absolute Gasteiger partial charge is 0.342 e. The fourth-order valence-corrected chi connectivity index (χ4v) is 3.62. The van der Waals surface area contributed by atoms with Crippen LogP contribution in [0.25, 0.3) is 0 Å². The summed E-state index contributed by atoms with van der Waals surface area (Å²) in [5, 5.41) is 0. The highest BCUT2D eigenvalue weighted by atomic mass is 16.2. The maximum absolute atomic E-state index is 12.9. The van der Waals surface area contributed by atoms with Crippen molar-refractivity contribution in [1.82, 2.24) is 9.80 Å². The molecular formula is C15H27N3O2. The molecule has 1 heterocycles. The third-order valence-electron chi connectivity index (χ3n) is 4.91. The van der Waals surface area contributed by atoms with Gasteiger partial charge in [-0.15, -0.1) is 0 Å². The van der Waals surface area contributed by atoms with Crippen LogP contribution < -0.4 is 5.73 Å². The van der Waals surface area contributed by atoms with E-state index in [0.29, 0.717) is 19.0 Å². The van der Waals surface area contributed by atoms with Gasteiger partial charge in [-0.2, -0.15) is 0 Å². The van der Waals surface area contributed by atoms with E-state index in [4.69, 9.17) is 5.73 Å². The van der Waals surface area contributed by atoms with E-state index in [-0.39, 0.29) is 11.8 Å². The van der Waals surface area contributed by atoms with Crippen LogP contribution in [0, 0.1) is 5.92 Å². The molecule has 1 aliphatic carbocycles. The first-order chi connectivity index (χ1) is 9.18. The Labute approximate surface area is 121 Å². The summed E-state index contributed by atoms with van der Waals surface area (Å²) in [6.45, 7) is 6.94. The molecule has 2 fully saturated rings. The van der Waals surface area contributed by atoms with E-state index in [9.17, 15) is 9.59 Å². The first-order valence-corrected chi connectivity index (χ1v) is 7.55. The number of nitrogens with two attached hydrogens (primary N) is 1. The van der Waals surface area contributed by atoms with Gasteiger partial charge in [0, 0.05) is 20.1 Å². The van der Waals surface area contributed by atoms with E-state index in [0.717, 1.165) is 25.7 Å². The Balaban J connectivity index is 2.22. The lowest BCUT2D eigenvalue weighted by Crippen LogP contribution is -2.69. The summed E-state index contributed by atoms with van der Waals surface area (Å²) in [5.41, 5.74) is 4.83. The van der Waals surface area contributed by atoms with E-state index >= 15 is 0 Å². The number of hydrogen-bond acceptors (Lipinski definition) is 3. The second-order valence-corrected chi connectivity index (χ2v) is 7.10. The molecule has 20 heavy (non-hydrogen) atoms. The molecule has 0 aromatic carbocycles. The molecule has 2 aliphatic rings. The van der Waals surface area contributed by atoms with Gasteiger partial charge in [-0.1, -0.05) is 19.8 Å². The molecule has 0 spiro atoms. The highest BCUT2D eigenvalue weighted by Crippen LogP contribution is 2.34. The molecule has 114 valence electrons. The Kier molecular flexibility index (Phi) is 3.84. The van der Waals surface area contributed by atoms with Crippen LogP contribution in [0.4, 0.5) is 0 Å². The zero-order chi connectivity index (χ0) is 15.1. The lowest BCUT2D eigenvalue weighted by molar-refractivity contribution is -0.161. The second kappa shape index (κ2) is 5.02.